The van der Waals surface area contributed by atoms with Gasteiger partial charge in [-0.1, -0.05) is 190 Å². The fourth-order valence-corrected chi connectivity index (χ4v) is 7.92. The van der Waals surface area contributed by atoms with Crippen LogP contribution in [0.3, 0.4) is 0 Å². The smallest absolute Gasteiger partial charge is 0.145 e. The normalized spacial score (nSPS) is 10.8. The molecule has 2 nitrogen and oxygen atoms in total. The molecule has 57 heavy (non-hydrogen) atoms. The van der Waals surface area contributed by atoms with Crippen molar-refractivity contribution >= 4 is 32.6 Å². The summed E-state index contributed by atoms with van der Waals surface area (Å²) in [6.07, 6.45) is 0. The molecule has 0 aliphatic carbocycles. The zero-order valence-electron chi connectivity index (χ0n) is 32.4. The number of fused-ring (bicyclic) bond motifs is 3. The van der Waals surface area contributed by atoms with Crippen LogP contribution < -0.4 is 0 Å². The molecule has 274 valence electrons. The van der Waals surface area contributed by atoms with E-state index in [2.05, 4.69) is 212 Å². The molecular formula is C55H44N2. The summed E-state index contributed by atoms with van der Waals surface area (Å²) in [4.78, 5) is 5.02. The SMILES string of the molecule is C=C.CC.c1ccc(-c2c3ccccc3c(-c3ccccc3)c3cc(-c4ccc(-c5ccc(-n6c(-c7ccccc7)nc7ccccc76)cc5)cc4)ccc23)cc1. The van der Waals surface area contributed by atoms with E-state index < -0.39 is 0 Å². The molecule has 2 heteroatoms. The van der Waals surface area contributed by atoms with Gasteiger partial charge in [-0.25, -0.2) is 4.98 Å². The molecule has 0 saturated carbocycles. The van der Waals surface area contributed by atoms with Crippen molar-refractivity contribution in [3.8, 4) is 61.6 Å². The molecule has 0 N–H and O–H groups in total. The topological polar surface area (TPSA) is 17.8 Å². The van der Waals surface area contributed by atoms with Gasteiger partial charge in [-0.15, -0.1) is 13.2 Å². The minimum atomic E-state index is 0.943. The quantitative estimate of drug-likeness (QED) is 0.123. The predicted molar refractivity (Wildman–Crippen MR) is 246 cm³/mol. The summed E-state index contributed by atoms with van der Waals surface area (Å²) in [7, 11) is 0. The second-order valence-electron chi connectivity index (χ2n) is 13.5. The van der Waals surface area contributed by atoms with E-state index in [1.165, 1.54) is 66.1 Å². The Bertz CT molecular complexity index is 2910. The van der Waals surface area contributed by atoms with Crippen LogP contribution in [0.25, 0.3) is 94.2 Å². The molecule has 10 aromatic rings. The third kappa shape index (κ3) is 6.94. The summed E-state index contributed by atoms with van der Waals surface area (Å²) < 4.78 is 2.26. The lowest BCUT2D eigenvalue weighted by atomic mass is 9.85. The number of benzene rings is 9. The van der Waals surface area contributed by atoms with Crippen molar-refractivity contribution < 1.29 is 0 Å². The van der Waals surface area contributed by atoms with Gasteiger partial charge in [0.1, 0.15) is 5.82 Å². The molecule has 0 saturated heterocycles. The lowest BCUT2D eigenvalue weighted by Crippen LogP contribution is -1.97. The van der Waals surface area contributed by atoms with Crippen molar-refractivity contribution in [1.29, 1.82) is 0 Å². The van der Waals surface area contributed by atoms with Crippen LogP contribution in [0.4, 0.5) is 0 Å². The number of hydrogen-bond donors (Lipinski definition) is 0. The van der Waals surface area contributed by atoms with Crippen LogP contribution in [0.15, 0.2) is 219 Å². The minimum Gasteiger partial charge on any atom is -0.292 e. The molecule has 0 unspecified atom stereocenters. The molecule has 0 aliphatic rings. The van der Waals surface area contributed by atoms with Gasteiger partial charge < -0.3 is 0 Å². The molecule has 0 bridgehead atoms. The van der Waals surface area contributed by atoms with Gasteiger partial charge in [0.15, 0.2) is 0 Å². The van der Waals surface area contributed by atoms with Crippen molar-refractivity contribution in [2.75, 3.05) is 0 Å². The zero-order chi connectivity index (χ0) is 39.1. The molecule has 0 amide bonds. The molecule has 0 fully saturated rings. The molecule has 0 spiro atoms. The Morgan fingerprint density at radius 1 is 0.351 bits per heavy atom. The van der Waals surface area contributed by atoms with E-state index in [4.69, 9.17) is 4.98 Å². The van der Waals surface area contributed by atoms with Gasteiger partial charge in [-0.2, -0.15) is 0 Å². The van der Waals surface area contributed by atoms with Crippen LogP contribution in [0, 0.1) is 0 Å². The van der Waals surface area contributed by atoms with Crippen LogP contribution in [-0.2, 0) is 0 Å². The Morgan fingerprint density at radius 2 is 0.754 bits per heavy atom. The van der Waals surface area contributed by atoms with Gasteiger partial charge in [-0.3, -0.25) is 4.57 Å². The average molecular weight is 733 g/mol. The number of rotatable bonds is 6. The fraction of sp³-hybridized carbons (Fsp3) is 0.0364. The standard InChI is InChI=1S/C51H34N2.C2H6.C2H4/c1-4-14-38(15-5-1)49-43-20-10-11-21-44(43)50(39-16-6-2-7-17-39)46-34-41(30-33-45(46)49)37-26-24-35(25-27-37)36-28-31-42(32-29-36)53-48-23-13-12-22-47(48)52-51(53)40-18-8-3-9-19-40;2*1-2/h1-34H;1-2H3;1-2H2. The predicted octanol–water partition coefficient (Wildman–Crippen LogP) is 15.5. The lowest BCUT2D eigenvalue weighted by molar-refractivity contribution is 1.10. The summed E-state index contributed by atoms with van der Waals surface area (Å²) in [5, 5.41) is 5.05. The van der Waals surface area contributed by atoms with E-state index in [0.29, 0.717) is 0 Å². The van der Waals surface area contributed by atoms with Gasteiger partial charge in [0.05, 0.1) is 11.0 Å². The summed E-state index contributed by atoms with van der Waals surface area (Å²) in [5.74, 6) is 0.943. The summed E-state index contributed by atoms with van der Waals surface area (Å²) in [6.45, 7) is 10.0. The highest BCUT2D eigenvalue weighted by Crippen LogP contribution is 2.45. The highest BCUT2D eigenvalue weighted by molar-refractivity contribution is 6.22. The fourth-order valence-electron chi connectivity index (χ4n) is 7.92. The van der Waals surface area contributed by atoms with Crippen molar-refractivity contribution in [2.45, 2.75) is 13.8 Å². The van der Waals surface area contributed by atoms with Gasteiger partial charge in [0.2, 0.25) is 0 Å². The van der Waals surface area contributed by atoms with E-state index >= 15 is 0 Å². The highest BCUT2D eigenvalue weighted by atomic mass is 15.1. The van der Waals surface area contributed by atoms with Crippen LogP contribution in [0.1, 0.15) is 13.8 Å². The lowest BCUT2D eigenvalue weighted by Gasteiger charge is -2.18. The Hall–Kier alpha value is -7.29. The molecule has 0 aliphatic heterocycles. The summed E-state index contributed by atoms with van der Waals surface area (Å²) in [5.41, 5.74) is 14.0. The van der Waals surface area contributed by atoms with E-state index in [-0.39, 0.29) is 0 Å². The molecule has 0 atom stereocenters. The van der Waals surface area contributed by atoms with Gasteiger partial charge in [0.25, 0.3) is 0 Å². The van der Waals surface area contributed by atoms with Crippen LogP contribution in [0.2, 0.25) is 0 Å². The molecule has 1 heterocycles. The molecule has 1 aromatic heterocycles. The second kappa shape index (κ2) is 16.6. The summed E-state index contributed by atoms with van der Waals surface area (Å²) in [6, 6.07) is 74.0. The Balaban J connectivity index is 0.00000110. The van der Waals surface area contributed by atoms with Gasteiger partial charge in [-0.05, 0) is 96.4 Å². The zero-order valence-corrected chi connectivity index (χ0v) is 32.4. The molecule has 9 aromatic carbocycles. The van der Waals surface area contributed by atoms with Crippen molar-refractivity contribution in [2.24, 2.45) is 0 Å². The molecule has 10 rings (SSSR count). The number of nitrogens with zero attached hydrogens (tertiary/aromatic N) is 2. The first-order valence-corrected chi connectivity index (χ1v) is 19.6. The van der Waals surface area contributed by atoms with Crippen molar-refractivity contribution in [3.63, 3.8) is 0 Å². The summed E-state index contributed by atoms with van der Waals surface area (Å²) >= 11 is 0. The van der Waals surface area contributed by atoms with Crippen LogP contribution in [-0.4, -0.2) is 9.55 Å². The number of para-hydroxylation sites is 2. The monoisotopic (exact) mass is 732 g/mol. The van der Waals surface area contributed by atoms with E-state index in [1.54, 1.807) is 0 Å². The minimum absolute atomic E-state index is 0.943. The van der Waals surface area contributed by atoms with E-state index in [1.807, 2.05) is 26.0 Å². The number of hydrogen-bond acceptors (Lipinski definition) is 1. The Labute approximate surface area is 335 Å². The maximum absolute atomic E-state index is 5.02. The van der Waals surface area contributed by atoms with E-state index in [0.717, 1.165) is 28.1 Å². The third-order valence-corrected chi connectivity index (χ3v) is 10.4. The van der Waals surface area contributed by atoms with Gasteiger partial charge in [0, 0.05) is 11.3 Å². The van der Waals surface area contributed by atoms with Crippen molar-refractivity contribution in [3.05, 3.63) is 219 Å². The molecular weight excluding hydrogens is 689 g/mol. The van der Waals surface area contributed by atoms with Crippen LogP contribution >= 0.6 is 0 Å². The van der Waals surface area contributed by atoms with E-state index in [9.17, 15) is 0 Å². The second-order valence-corrected chi connectivity index (χ2v) is 13.5. The first kappa shape index (κ1) is 36.7. The average Bonchev–Trinajstić information content (AvgIpc) is 3.70. The Kier molecular flexibility index (Phi) is 10.7. The van der Waals surface area contributed by atoms with Gasteiger partial charge >= 0.3 is 0 Å². The maximum Gasteiger partial charge on any atom is 0.145 e. The maximum atomic E-state index is 5.02. The third-order valence-electron chi connectivity index (χ3n) is 10.4. The number of imidazole rings is 1. The Morgan fingerprint density at radius 3 is 1.32 bits per heavy atom. The first-order valence-electron chi connectivity index (χ1n) is 19.6. The highest BCUT2D eigenvalue weighted by Gasteiger charge is 2.18. The molecule has 0 radical (unpaired) electrons. The van der Waals surface area contributed by atoms with Crippen molar-refractivity contribution in [1.82, 2.24) is 9.55 Å². The first-order chi connectivity index (χ1) is 28.3. The van der Waals surface area contributed by atoms with Crippen LogP contribution in [0.5, 0.6) is 0 Å². The number of aromatic nitrogens is 2. The largest absolute Gasteiger partial charge is 0.292 e.